The fraction of sp³-hybridized carbons (Fsp3) is 0.700. The highest BCUT2D eigenvalue weighted by Gasteiger charge is 2.31. The highest BCUT2D eigenvalue weighted by molar-refractivity contribution is 7.91. The molecule has 1 aromatic rings. The number of ether oxygens (including phenoxy) is 2. The molecule has 0 radical (unpaired) electrons. The average Bonchev–Trinajstić information content (AvgIpc) is 2.98. The van der Waals surface area contributed by atoms with Gasteiger partial charge >= 0.3 is 0 Å². The van der Waals surface area contributed by atoms with Crippen molar-refractivity contribution in [3.63, 3.8) is 0 Å². The van der Waals surface area contributed by atoms with E-state index in [1.807, 2.05) is 0 Å². The minimum Gasteiger partial charge on any atom is -0.348 e. The van der Waals surface area contributed by atoms with Crippen LogP contribution in [0.5, 0.6) is 0 Å². The number of hydrogen-bond acceptors (Lipinski definition) is 8. The Morgan fingerprint density at radius 1 is 1.38 bits per heavy atom. The van der Waals surface area contributed by atoms with Crippen LogP contribution in [-0.2, 0) is 24.3 Å². The molecule has 1 aliphatic rings. The molecule has 0 saturated carbocycles. The number of nitrogens with one attached hydrogen (secondary N) is 2. The minimum atomic E-state index is -3.76. The molecular formula is C10H16N4O5S2. The van der Waals surface area contributed by atoms with Gasteiger partial charge in [-0.3, -0.25) is 4.79 Å². The molecule has 0 bridgehead atoms. The van der Waals surface area contributed by atoms with Crippen molar-refractivity contribution in [3.8, 4) is 0 Å². The Hall–Kier alpha value is -1.14. The molecule has 0 aromatic carbocycles. The maximum atomic E-state index is 12.0. The van der Waals surface area contributed by atoms with Crippen molar-refractivity contribution in [1.82, 2.24) is 14.9 Å². The third-order valence-electron chi connectivity index (χ3n) is 2.69. The van der Waals surface area contributed by atoms with Gasteiger partial charge in [-0.05, 0) is 6.92 Å². The Morgan fingerprint density at radius 3 is 2.67 bits per heavy atom. The van der Waals surface area contributed by atoms with Crippen LogP contribution in [0.2, 0.25) is 0 Å². The number of hydrogen-bond donors (Lipinski definition) is 2. The van der Waals surface area contributed by atoms with Gasteiger partial charge in [0.15, 0.2) is 5.79 Å². The van der Waals surface area contributed by atoms with Crippen molar-refractivity contribution in [3.05, 3.63) is 0 Å². The van der Waals surface area contributed by atoms with Crippen molar-refractivity contribution in [2.75, 3.05) is 25.1 Å². The van der Waals surface area contributed by atoms with Gasteiger partial charge in [0.25, 0.3) is 10.0 Å². The van der Waals surface area contributed by atoms with E-state index in [1.165, 1.54) is 6.92 Å². The second-order valence-corrected chi connectivity index (χ2v) is 7.45. The van der Waals surface area contributed by atoms with Crippen molar-refractivity contribution < 1.29 is 22.7 Å². The smallest absolute Gasteiger partial charge is 0.269 e. The minimum absolute atomic E-state index is 0.136. The lowest BCUT2D eigenvalue weighted by atomic mass is 10.2. The van der Waals surface area contributed by atoms with Crippen LogP contribution < -0.4 is 10.0 Å². The van der Waals surface area contributed by atoms with E-state index in [0.29, 0.717) is 19.6 Å². The number of carbonyl (C=O) groups excluding carboxylic acids is 1. The van der Waals surface area contributed by atoms with E-state index < -0.39 is 15.8 Å². The maximum Gasteiger partial charge on any atom is 0.269 e. The molecule has 1 aliphatic heterocycles. The van der Waals surface area contributed by atoms with E-state index in [2.05, 4.69) is 20.2 Å². The molecule has 0 spiro atoms. The summed E-state index contributed by atoms with van der Waals surface area (Å²) in [7, 11) is -3.76. The Labute approximate surface area is 126 Å². The highest BCUT2D eigenvalue weighted by Crippen LogP contribution is 2.23. The predicted molar refractivity (Wildman–Crippen MR) is 74.3 cm³/mol. The van der Waals surface area contributed by atoms with E-state index in [9.17, 15) is 13.2 Å². The molecule has 21 heavy (non-hydrogen) atoms. The topological polar surface area (TPSA) is 120 Å². The van der Waals surface area contributed by atoms with Gasteiger partial charge in [0.1, 0.15) is 0 Å². The zero-order valence-electron chi connectivity index (χ0n) is 11.6. The summed E-state index contributed by atoms with van der Waals surface area (Å²) in [6, 6.07) is 0. The Morgan fingerprint density at radius 2 is 2.05 bits per heavy atom. The first kappa shape index (κ1) is 16.2. The van der Waals surface area contributed by atoms with Crippen LogP contribution in [0.1, 0.15) is 20.3 Å². The number of sulfonamides is 1. The van der Waals surface area contributed by atoms with E-state index in [1.54, 1.807) is 6.92 Å². The molecule has 11 heteroatoms. The molecule has 118 valence electrons. The lowest BCUT2D eigenvalue weighted by molar-refractivity contribution is -0.145. The zero-order valence-corrected chi connectivity index (χ0v) is 13.2. The molecule has 2 N–H and O–H groups in total. The van der Waals surface area contributed by atoms with Gasteiger partial charge in [0, 0.05) is 19.9 Å². The Bertz CT molecular complexity index is 609. The van der Waals surface area contributed by atoms with Gasteiger partial charge in [0.05, 0.1) is 13.2 Å². The van der Waals surface area contributed by atoms with Gasteiger partial charge in [-0.25, -0.2) is 13.1 Å². The number of carbonyl (C=O) groups is 1. The summed E-state index contributed by atoms with van der Waals surface area (Å²) < 4.78 is 37.0. The molecule has 1 aromatic heterocycles. The maximum absolute atomic E-state index is 12.0. The van der Waals surface area contributed by atoms with Crippen LogP contribution in [0.15, 0.2) is 4.34 Å². The van der Waals surface area contributed by atoms with Gasteiger partial charge < -0.3 is 14.8 Å². The van der Waals surface area contributed by atoms with E-state index >= 15 is 0 Å². The summed E-state index contributed by atoms with van der Waals surface area (Å²) in [4.78, 5) is 10.9. The molecule has 0 atom stereocenters. The van der Waals surface area contributed by atoms with Crippen molar-refractivity contribution >= 4 is 32.4 Å². The summed E-state index contributed by atoms with van der Waals surface area (Å²) in [5.74, 6) is -1.10. The molecule has 0 aliphatic carbocycles. The van der Waals surface area contributed by atoms with Gasteiger partial charge in [-0.15, -0.1) is 10.2 Å². The summed E-state index contributed by atoms with van der Waals surface area (Å²) in [6.45, 7) is 4.21. The van der Waals surface area contributed by atoms with Crippen LogP contribution in [-0.4, -0.2) is 50.1 Å². The SMILES string of the molecule is CC(=O)Nc1nnc(S(=O)(=O)NCCC2(C)OCCO2)s1. The van der Waals surface area contributed by atoms with Crippen molar-refractivity contribution in [1.29, 1.82) is 0 Å². The van der Waals surface area contributed by atoms with E-state index in [4.69, 9.17) is 9.47 Å². The summed E-state index contributed by atoms with van der Waals surface area (Å²) in [6.07, 6.45) is 0.379. The second-order valence-electron chi connectivity index (χ2n) is 4.53. The van der Waals surface area contributed by atoms with Crippen molar-refractivity contribution in [2.24, 2.45) is 0 Å². The molecule has 9 nitrogen and oxygen atoms in total. The molecule has 2 heterocycles. The standard InChI is InChI=1S/C10H16N4O5S2/c1-7(15)12-8-13-14-9(20-8)21(16,17)11-4-3-10(2)18-5-6-19-10/h11H,3-6H2,1-2H3,(H,12,13,15). The number of anilines is 1. The first-order valence-electron chi connectivity index (χ1n) is 6.19. The largest absolute Gasteiger partial charge is 0.348 e. The van der Waals surface area contributed by atoms with Gasteiger partial charge in [-0.1, -0.05) is 11.3 Å². The molecule has 0 unspecified atom stereocenters. The molecule has 1 fully saturated rings. The van der Waals surface area contributed by atoms with Gasteiger partial charge in [0.2, 0.25) is 15.4 Å². The van der Waals surface area contributed by atoms with E-state index in [-0.39, 0.29) is 21.9 Å². The lowest BCUT2D eigenvalue weighted by Gasteiger charge is -2.21. The van der Waals surface area contributed by atoms with Crippen LogP contribution in [0.4, 0.5) is 5.13 Å². The Kier molecular flexibility index (Phi) is 4.88. The van der Waals surface area contributed by atoms with Crippen LogP contribution in [0.25, 0.3) is 0 Å². The monoisotopic (exact) mass is 336 g/mol. The third-order valence-corrected chi connectivity index (χ3v) is 5.36. The average molecular weight is 336 g/mol. The second kappa shape index (κ2) is 6.32. The fourth-order valence-corrected chi connectivity index (χ4v) is 3.71. The lowest BCUT2D eigenvalue weighted by Crippen LogP contribution is -2.33. The molecule has 1 saturated heterocycles. The van der Waals surface area contributed by atoms with Crippen LogP contribution in [0.3, 0.4) is 0 Å². The number of rotatable bonds is 6. The fourth-order valence-electron chi connectivity index (χ4n) is 1.69. The first-order valence-corrected chi connectivity index (χ1v) is 8.49. The Balaban J connectivity index is 1.92. The third kappa shape index (κ3) is 4.41. The van der Waals surface area contributed by atoms with Crippen LogP contribution in [0, 0.1) is 0 Å². The molecule has 2 rings (SSSR count). The normalized spacial score (nSPS) is 17.8. The number of nitrogens with zero attached hydrogens (tertiary/aromatic N) is 2. The highest BCUT2D eigenvalue weighted by atomic mass is 32.2. The quantitative estimate of drug-likeness (QED) is 0.698. The molecule has 1 amide bonds. The summed E-state index contributed by atoms with van der Waals surface area (Å²) in [5.41, 5.74) is 0. The predicted octanol–water partition coefficient (Wildman–Crippen LogP) is -0.0721. The number of amides is 1. The zero-order chi connectivity index (χ0) is 15.5. The van der Waals surface area contributed by atoms with E-state index in [0.717, 1.165) is 11.3 Å². The van der Waals surface area contributed by atoms with Crippen LogP contribution >= 0.6 is 11.3 Å². The summed E-state index contributed by atoms with van der Waals surface area (Å²) in [5, 5.41) is 9.65. The first-order chi connectivity index (χ1) is 9.81. The summed E-state index contributed by atoms with van der Waals surface area (Å²) >= 11 is 0.783. The van der Waals surface area contributed by atoms with Gasteiger partial charge in [-0.2, -0.15) is 0 Å². The molecular weight excluding hydrogens is 320 g/mol. The number of aromatic nitrogens is 2. The van der Waals surface area contributed by atoms with Crippen molar-refractivity contribution in [2.45, 2.75) is 30.4 Å².